The second kappa shape index (κ2) is 6.91. The number of anilines is 1. The number of aryl methyl sites for hydroxylation is 1. The van der Waals surface area contributed by atoms with E-state index in [1.54, 1.807) is 6.07 Å². The van der Waals surface area contributed by atoms with E-state index in [1.165, 1.54) is 17.4 Å². The van der Waals surface area contributed by atoms with Crippen LogP contribution in [0.25, 0.3) is 0 Å². The van der Waals surface area contributed by atoms with Gasteiger partial charge in [0, 0.05) is 19.3 Å². The summed E-state index contributed by atoms with van der Waals surface area (Å²) >= 11 is 0. The molecule has 0 bridgehead atoms. The number of benzene rings is 1. The van der Waals surface area contributed by atoms with Crippen molar-refractivity contribution < 1.29 is 13.2 Å². The lowest BCUT2D eigenvalue weighted by Crippen LogP contribution is -2.40. The molecule has 0 aliphatic heterocycles. The number of hydrogen-bond acceptors (Lipinski definition) is 4. The molecule has 0 fully saturated rings. The lowest BCUT2D eigenvalue weighted by molar-refractivity contribution is -0.120. The molecule has 0 aliphatic carbocycles. The zero-order valence-corrected chi connectivity index (χ0v) is 13.8. The number of nitrogens with one attached hydrogen (secondary N) is 1. The number of sulfonamides is 1. The van der Waals surface area contributed by atoms with Gasteiger partial charge in [-0.1, -0.05) is 6.92 Å². The van der Waals surface area contributed by atoms with Crippen molar-refractivity contribution in [1.82, 2.24) is 9.62 Å². The van der Waals surface area contributed by atoms with Crippen LogP contribution in [0.5, 0.6) is 0 Å². The minimum atomic E-state index is -3.74. The molecular weight excluding hydrogens is 290 g/mol. The van der Waals surface area contributed by atoms with Crippen molar-refractivity contribution in [3.05, 3.63) is 23.3 Å². The van der Waals surface area contributed by atoms with Crippen LogP contribution in [0.3, 0.4) is 0 Å². The number of carbonyl (C=O) groups is 1. The summed E-state index contributed by atoms with van der Waals surface area (Å²) in [7, 11) is -2.26. The fourth-order valence-electron chi connectivity index (χ4n) is 1.92. The van der Waals surface area contributed by atoms with Crippen molar-refractivity contribution in [1.29, 1.82) is 0 Å². The number of amides is 1. The highest BCUT2D eigenvalue weighted by molar-refractivity contribution is 7.89. The summed E-state index contributed by atoms with van der Waals surface area (Å²) in [5.74, 6) is -0.344. The lowest BCUT2D eigenvalue weighted by atomic mass is 10.1. The average Bonchev–Trinajstić information content (AvgIpc) is 2.43. The second-order valence-electron chi connectivity index (χ2n) is 4.97. The van der Waals surface area contributed by atoms with E-state index in [4.69, 9.17) is 5.73 Å². The normalized spacial score (nSPS) is 11.7. The van der Waals surface area contributed by atoms with Gasteiger partial charge < -0.3 is 11.1 Å². The van der Waals surface area contributed by atoms with E-state index in [-0.39, 0.29) is 23.9 Å². The number of nitrogens with zero attached hydrogens (tertiary/aromatic N) is 1. The molecule has 21 heavy (non-hydrogen) atoms. The van der Waals surface area contributed by atoms with Crippen molar-refractivity contribution in [2.45, 2.75) is 32.1 Å². The molecule has 7 heteroatoms. The second-order valence-corrected chi connectivity index (χ2v) is 6.90. The number of nitrogens with two attached hydrogens (primary N) is 1. The Bertz CT molecular complexity index is 603. The Labute approximate surface area is 126 Å². The molecule has 1 rings (SSSR count). The third kappa shape index (κ3) is 3.95. The summed E-state index contributed by atoms with van der Waals surface area (Å²) in [6, 6.07) is 3.04. The summed E-state index contributed by atoms with van der Waals surface area (Å²) < 4.78 is 26.5. The van der Waals surface area contributed by atoms with Crippen LogP contribution in [0.15, 0.2) is 17.0 Å². The molecule has 3 N–H and O–H groups in total. The molecule has 0 atom stereocenters. The first-order valence-corrected chi connectivity index (χ1v) is 8.25. The molecule has 0 spiro atoms. The highest BCUT2D eigenvalue weighted by Crippen LogP contribution is 2.24. The Morgan fingerprint density at radius 3 is 2.43 bits per heavy atom. The third-order valence-electron chi connectivity index (χ3n) is 3.39. The first kappa shape index (κ1) is 17.5. The Morgan fingerprint density at radius 2 is 1.95 bits per heavy atom. The topological polar surface area (TPSA) is 92.5 Å². The SMILES string of the molecule is CCCN(CC(=O)NC)S(=O)(=O)c1cc(C)c(C)c(N)c1. The van der Waals surface area contributed by atoms with E-state index in [0.717, 1.165) is 11.1 Å². The molecule has 0 heterocycles. The molecule has 0 unspecified atom stereocenters. The first-order valence-electron chi connectivity index (χ1n) is 6.81. The van der Waals surface area contributed by atoms with Crippen LogP contribution in [0.4, 0.5) is 5.69 Å². The molecule has 1 aromatic rings. The minimum absolute atomic E-state index is 0.125. The number of rotatable bonds is 6. The quantitative estimate of drug-likeness (QED) is 0.767. The van der Waals surface area contributed by atoms with Gasteiger partial charge in [0.05, 0.1) is 11.4 Å². The van der Waals surface area contributed by atoms with E-state index >= 15 is 0 Å². The Morgan fingerprint density at radius 1 is 1.33 bits per heavy atom. The van der Waals surface area contributed by atoms with E-state index < -0.39 is 10.0 Å². The van der Waals surface area contributed by atoms with Gasteiger partial charge in [0.2, 0.25) is 15.9 Å². The van der Waals surface area contributed by atoms with Gasteiger partial charge in [-0.15, -0.1) is 0 Å². The molecule has 118 valence electrons. The molecule has 0 saturated heterocycles. The fraction of sp³-hybridized carbons (Fsp3) is 0.500. The maximum atomic E-state index is 12.7. The van der Waals surface area contributed by atoms with Crippen molar-refractivity contribution in [2.75, 3.05) is 25.9 Å². The summed E-state index contributed by atoms with van der Waals surface area (Å²) in [5, 5.41) is 2.44. The van der Waals surface area contributed by atoms with Gasteiger partial charge >= 0.3 is 0 Å². The molecule has 1 amide bonds. The molecular formula is C14H23N3O3S. The van der Waals surface area contributed by atoms with E-state index in [9.17, 15) is 13.2 Å². The van der Waals surface area contributed by atoms with E-state index in [0.29, 0.717) is 12.1 Å². The van der Waals surface area contributed by atoms with Crippen molar-refractivity contribution >= 4 is 21.6 Å². The molecule has 1 aromatic carbocycles. The van der Waals surface area contributed by atoms with Crippen LogP contribution in [0.2, 0.25) is 0 Å². The van der Waals surface area contributed by atoms with E-state index in [2.05, 4.69) is 5.32 Å². The van der Waals surface area contributed by atoms with Crippen LogP contribution in [0, 0.1) is 13.8 Å². The lowest BCUT2D eigenvalue weighted by Gasteiger charge is -2.21. The Kier molecular flexibility index (Phi) is 5.74. The summed E-state index contributed by atoms with van der Waals surface area (Å²) in [4.78, 5) is 11.6. The van der Waals surface area contributed by atoms with Gasteiger partial charge in [0.25, 0.3) is 0 Å². The third-order valence-corrected chi connectivity index (χ3v) is 5.21. The average molecular weight is 313 g/mol. The van der Waals surface area contributed by atoms with Crippen LogP contribution < -0.4 is 11.1 Å². The molecule has 0 aliphatic rings. The van der Waals surface area contributed by atoms with Crippen LogP contribution in [-0.2, 0) is 14.8 Å². The summed E-state index contributed by atoms with van der Waals surface area (Å²) in [6.07, 6.45) is 0.622. The van der Waals surface area contributed by atoms with Gasteiger partial charge in [0.1, 0.15) is 0 Å². The number of nitrogen functional groups attached to an aromatic ring is 1. The monoisotopic (exact) mass is 313 g/mol. The summed E-state index contributed by atoms with van der Waals surface area (Å²) in [5.41, 5.74) is 7.97. The number of hydrogen-bond donors (Lipinski definition) is 2. The van der Waals surface area contributed by atoms with Crippen molar-refractivity contribution in [3.63, 3.8) is 0 Å². The minimum Gasteiger partial charge on any atom is -0.398 e. The standard InChI is InChI=1S/C14H23N3O3S/c1-5-6-17(9-14(18)16-4)21(19,20)12-7-10(2)11(3)13(15)8-12/h7-8H,5-6,9,15H2,1-4H3,(H,16,18). The van der Waals surface area contributed by atoms with Crippen LogP contribution >= 0.6 is 0 Å². The first-order chi connectivity index (χ1) is 9.73. The van der Waals surface area contributed by atoms with Crippen LogP contribution in [0.1, 0.15) is 24.5 Å². The van der Waals surface area contributed by atoms with E-state index in [1.807, 2.05) is 20.8 Å². The zero-order chi connectivity index (χ0) is 16.2. The molecule has 0 aromatic heterocycles. The van der Waals surface area contributed by atoms with Crippen LogP contribution in [-0.4, -0.2) is 38.8 Å². The maximum absolute atomic E-state index is 12.7. The molecule has 0 saturated carbocycles. The van der Waals surface area contributed by atoms with Gasteiger partial charge in [-0.05, 0) is 43.5 Å². The van der Waals surface area contributed by atoms with Gasteiger partial charge in [-0.3, -0.25) is 4.79 Å². The molecule has 6 nitrogen and oxygen atoms in total. The summed E-state index contributed by atoms with van der Waals surface area (Å²) in [6.45, 7) is 5.60. The van der Waals surface area contributed by atoms with Crippen molar-refractivity contribution in [2.24, 2.45) is 0 Å². The molecule has 0 radical (unpaired) electrons. The predicted molar refractivity (Wildman–Crippen MR) is 83.4 cm³/mol. The van der Waals surface area contributed by atoms with Gasteiger partial charge in [-0.2, -0.15) is 4.31 Å². The highest BCUT2D eigenvalue weighted by atomic mass is 32.2. The smallest absolute Gasteiger partial charge is 0.243 e. The highest BCUT2D eigenvalue weighted by Gasteiger charge is 2.26. The Balaban J connectivity index is 3.25. The maximum Gasteiger partial charge on any atom is 0.243 e. The number of carbonyl (C=O) groups excluding carboxylic acids is 1. The van der Waals surface area contributed by atoms with Crippen molar-refractivity contribution in [3.8, 4) is 0 Å². The van der Waals surface area contributed by atoms with Gasteiger partial charge in [-0.25, -0.2) is 8.42 Å². The largest absolute Gasteiger partial charge is 0.398 e. The zero-order valence-electron chi connectivity index (χ0n) is 12.9. The predicted octanol–water partition coefficient (Wildman–Crippen LogP) is 1.03. The Hall–Kier alpha value is -1.60. The fourth-order valence-corrected chi connectivity index (χ4v) is 3.53. The number of likely N-dealkylation sites (N-methyl/N-ethyl adjacent to an activating group) is 1. The van der Waals surface area contributed by atoms with Gasteiger partial charge in [0.15, 0.2) is 0 Å².